The van der Waals surface area contributed by atoms with Gasteiger partial charge in [-0.1, -0.05) is 0 Å². The number of H-pyrrole nitrogens is 1. The molecular formula is C11H10N4O5. The lowest BCUT2D eigenvalue weighted by molar-refractivity contribution is -0.115. The van der Waals surface area contributed by atoms with Gasteiger partial charge in [0.15, 0.2) is 11.6 Å². The smallest absolute Gasteiger partial charge is 0.353 e. The molecule has 0 unspecified atom stereocenters. The fourth-order valence-electron chi connectivity index (χ4n) is 1.34. The molecular weight excluding hydrogens is 268 g/mol. The van der Waals surface area contributed by atoms with Crippen molar-refractivity contribution in [3.63, 3.8) is 0 Å². The maximum Gasteiger partial charge on any atom is 0.353 e. The highest BCUT2D eigenvalue weighted by atomic mass is 16.4. The van der Waals surface area contributed by atoms with Gasteiger partial charge < -0.3 is 20.2 Å². The molecule has 0 radical (unpaired) electrons. The second-order valence-corrected chi connectivity index (χ2v) is 3.68. The molecule has 0 bridgehead atoms. The van der Waals surface area contributed by atoms with Gasteiger partial charge in [-0.2, -0.15) is 5.10 Å². The van der Waals surface area contributed by atoms with Crippen molar-refractivity contribution in [3.05, 3.63) is 35.9 Å². The van der Waals surface area contributed by atoms with Gasteiger partial charge in [-0.05, 0) is 12.1 Å². The molecule has 4 N–H and O–H groups in total. The van der Waals surface area contributed by atoms with Crippen LogP contribution in [-0.2, 0) is 4.79 Å². The van der Waals surface area contributed by atoms with Crippen molar-refractivity contribution in [2.24, 2.45) is 0 Å². The van der Waals surface area contributed by atoms with E-state index in [4.69, 9.17) is 9.52 Å². The van der Waals surface area contributed by atoms with Gasteiger partial charge in [0.1, 0.15) is 5.69 Å². The molecule has 9 heteroatoms. The number of aromatic carboxylic acids is 1. The van der Waals surface area contributed by atoms with E-state index >= 15 is 0 Å². The van der Waals surface area contributed by atoms with E-state index in [1.165, 1.54) is 12.3 Å². The Labute approximate surface area is 112 Å². The van der Waals surface area contributed by atoms with Crippen molar-refractivity contribution >= 4 is 23.6 Å². The predicted octanol–water partition coefficient (Wildman–Crippen LogP) is 0.0694. The maximum atomic E-state index is 11.5. The highest BCUT2D eigenvalue weighted by Gasteiger charge is 2.12. The summed E-state index contributed by atoms with van der Waals surface area (Å²) in [6, 6.07) is 4.17. The fourth-order valence-corrected chi connectivity index (χ4v) is 1.34. The molecule has 2 aromatic rings. The number of nitrogens with zero attached hydrogens (tertiary/aromatic N) is 1. The summed E-state index contributed by atoms with van der Waals surface area (Å²) in [6.45, 7) is -0.297. The second-order valence-electron chi connectivity index (χ2n) is 3.68. The first-order valence-corrected chi connectivity index (χ1v) is 5.46. The number of anilines is 1. The number of hydrogen-bond donors (Lipinski definition) is 4. The highest BCUT2D eigenvalue weighted by Crippen LogP contribution is 2.04. The molecule has 0 spiro atoms. The molecule has 0 aliphatic heterocycles. The minimum absolute atomic E-state index is 0.0552. The van der Waals surface area contributed by atoms with Gasteiger partial charge in [-0.25, -0.2) is 4.79 Å². The number of aromatic nitrogens is 2. The lowest BCUT2D eigenvalue weighted by Gasteiger charge is -2.02. The third-order valence-electron chi connectivity index (χ3n) is 2.23. The van der Waals surface area contributed by atoms with Gasteiger partial charge in [0, 0.05) is 6.07 Å². The van der Waals surface area contributed by atoms with Gasteiger partial charge in [0.25, 0.3) is 5.91 Å². The first-order valence-electron chi connectivity index (χ1n) is 5.46. The quantitative estimate of drug-likeness (QED) is 0.610. The second kappa shape index (κ2) is 5.69. The van der Waals surface area contributed by atoms with Crippen LogP contribution in [0.4, 0.5) is 5.82 Å². The monoisotopic (exact) mass is 278 g/mol. The number of carboxylic acids is 1. The molecule has 9 nitrogen and oxygen atoms in total. The van der Waals surface area contributed by atoms with Crippen LogP contribution in [0.15, 0.2) is 28.9 Å². The molecule has 0 saturated heterocycles. The Balaban J connectivity index is 1.83. The van der Waals surface area contributed by atoms with Crippen molar-refractivity contribution in [1.82, 2.24) is 15.5 Å². The van der Waals surface area contributed by atoms with Crippen LogP contribution in [0.3, 0.4) is 0 Å². The average Bonchev–Trinajstić information content (AvgIpc) is 3.06. The zero-order valence-electron chi connectivity index (χ0n) is 10.0. The Morgan fingerprint density at radius 3 is 2.80 bits per heavy atom. The van der Waals surface area contributed by atoms with E-state index in [1.807, 2.05) is 0 Å². The van der Waals surface area contributed by atoms with Crippen LogP contribution in [0.25, 0.3) is 0 Å². The number of carbonyl (C=O) groups is 3. The molecule has 0 atom stereocenters. The summed E-state index contributed by atoms with van der Waals surface area (Å²) >= 11 is 0. The molecule has 0 aliphatic carbocycles. The zero-order valence-corrected chi connectivity index (χ0v) is 10.0. The SMILES string of the molecule is O=C(CNC(=O)c1ccco1)Nc1cc(C(=O)O)[nH]n1. The zero-order chi connectivity index (χ0) is 14.5. The Bertz CT molecular complexity index is 631. The summed E-state index contributed by atoms with van der Waals surface area (Å²) in [5.41, 5.74) is -0.153. The molecule has 0 fully saturated rings. The van der Waals surface area contributed by atoms with Crippen LogP contribution in [0.2, 0.25) is 0 Å². The van der Waals surface area contributed by atoms with Crippen LogP contribution < -0.4 is 10.6 Å². The first kappa shape index (κ1) is 13.3. The van der Waals surface area contributed by atoms with E-state index in [9.17, 15) is 14.4 Å². The number of hydrogen-bond acceptors (Lipinski definition) is 5. The normalized spacial score (nSPS) is 10.0. The van der Waals surface area contributed by atoms with Crippen LogP contribution in [0.5, 0.6) is 0 Å². The fraction of sp³-hybridized carbons (Fsp3) is 0.0909. The van der Waals surface area contributed by atoms with Crippen molar-refractivity contribution in [2.75, 3.05) is 11.9 Å². The van der Waals surface area contributed by atoms with Crippen molar-refractivity contribution in [2.45, 2.75) is 0 Å². The minimum atomic E-state index is -1.19. The Morgan fingerprint density at radius 1 is 1.40 bits per heavy atom. The van der Waals surface area contributed by atoms with Gasteiger partial charge in [-0.3, -0.25) is 14.7 Å². The van der Waals surface area contributed by atoms with Crippen molar-refractivity contribution in [3.8, 4) is 0 Å². The summed E-state index contributed by atoms with van der Waals surface area (Å²) in [6.07, 6.45) is 1.34. The average molecular weight is 278 g/mol. The number of nitrogens with one attached hydrogen (secondary N) is 3. The molecule has 2 amide bonds. The van der Waals surface area contributed by atoms with Gasteiger partial charge >= 0.3 is 5.97 Å². The summed E-state index contributed by atoms with van der Waals surface area (Å²) in [4.78, 5) is 33.6. The molecule has 0 saturated carbocycles. The van der Waals surface area contributed by atoms with E-state index in [0.717, 1.165) is 6.07 Å². The number of carbonyl (C=O) groups excluding carboxylic acids is 2. The number of rotatable bonds is 5. The Morgan fingerprint density at radius 2 is 2.20 bits per heavy atom. The lowest BCUT2D eigenvalue weighted by atomic mass is 10.4. The molecule has 0 aliphatic rings. The highest BCUT2D eigenvalue weighted by molar-refractivity contribution is 5.98. The summed E-state index contributed by atoms with van der Waals surface area (Å²) in [5.74, 6) is -2.12. The summed E-state index contributed by atoms with van der Waals surface area (Å²) in [7, 11) is 0. The first-order chi connectivity index (χ1) is 9.56. The van der Waals surface area contributed by atoms with E-state index in [1.54, 1.807) is 6.07 Å². The van der Waals surface area contributed by atoms with E-state index in [0.29, 0.717) is 0 Å². The largest absolute Gasteiger partial charge is 0.477 e. The van der Waals surface area contributed by atoms with Gasteiger partial charge in [-0.15, -0.1) is 0 Å². The van der Waals surface area contributed by atoms with Crippen molar-refractivity contribution < 1.29 is 23.9 Å². The van der Waals surface area contributed by atoms with Crippen LogP contribution in [0, 0.1) is 0 Å². The number of aromatic amines is 1. The van der Waals surface area contributed by atoms with Crippen LogP contribution in [0.1, 0.15) is 21.0 Å². The Hall–Kier alpha value is -3.10. The number of amides is 2. The number of furan rings is 1. The Kier molecular flexibility index (Phi) is 3.80. The molecule has 2 aromatic heterocycles. The van der Waals surface area contributed by atoms with E-state index in [-0.39, 0.29) is 23.8 Å². The van der Waals surface area contributed by atoms with E-state index in [2.05, 4.69) is 20.8 Å². The number of carboxylic acid groups (broad SMARTS) is 1. The molecule has 2 rings (SSSR count). The standard InChI is InChI=1S/C11H10N4O5/c16-9(5-12-10(17)7-2-1-3-20-7)13-8-4-6(11(18)19)14-15-8/h1-4H,5H2,(H,12,17)(H,18,19)(H2,13,14,15,16). The lowest BCUT2D eigenvalue weighted by Crippen LogP contribution is -2.32. The molecule has 20 heavy (non-hydrogen) atoms. The third kappa shape index (κ3) is 3.22. The third-order valence-corrected chi connectivity index (χ3v) is 2.23. The minimum Gasteiger partial charge on any atom is -0.477 e. The van der Waals surface area contributed by atoms with E-state index < -0.39 is 17.8 Å². The molecule has 2 heterocycles. The molecule has 0 aromatic carbocycles. The summed E-state index contributed by atoms with van der Waals surface area (Å²) < 4.78 is 4.85. The maximum absolute atomic E-state index is 11.5. The van der Waals surface area contributed by atoms with Gasteiger partial charge in [0.2, 0.25) is 5.91 Å². The van der Waals surface area contributed by atoms with Crippen molar-refractivity contribution in [1.29, 1.82) is 0 Å². The topological polar surface area (TPSA) is 137 Å². The summed E-state index contributed by atoms with van der Waals surface area (Å²) in [5, 5.41) is 19.1. The van der Waals surface area contributed by atoms with Crippen LogP contribution in [-0.4, -0.2) is 39.6 Å². The van der Waals surface area contributed by atoms with Crippen LogP contribution >= 0.6 is 0 Å². The predicted molar refractivity (Wildman–Crippen MR) is 65.2 cm³/mol. The molecule has 104 valence electrons. The van der Waals surface area contributed by atoms with Gasteiger partial charge in [0.05, 0.1) is 12.8 Å².